The van der Waals surface area contributed by atoms with E-state index in [9.17, 15) is 18.0 Å². The SMILES string of the molecule is O=C(Nc1cccnc1)c1ccc2c(c1)S(=O)(=O)N(c1ccc(Br)cc1)C2=O. The number of hydrogen-bond donors (Lipinski definition) is 1. The van der Waals surface area contributed by atoms with Gasteiger partial charge in [0.15, 0.2) is 0 Å². The molecule has 4 rings (SSSR count). The van der Waals surface area contributed by atoms with Crippen LogP contribution in [-0.2, 0) is 10.0 Å². The van der Waals surface area contributed by atoms with E-state index < -0.39 is 21.8 Å². The van der Waals surface area contributed by atoms with Gasteiger partial charge in [0, 0.05) is 16.2 Å². The van der Waals surface area contributed by atoms with Crippen LogP contribution >= 0.6 is 15.9 Å². The van der Waals surface area contributed by atoms with Crippen LogP contribution in [0.25, 0.3) is 0 Å². The fraction of sp³-hybridized carbons (Fsp3) is 0. The summed E-state index contributed by atoms with van der Waals surface area (Å²) in [4.78, 5) is 28.9. The van der Waals surface area contributed by atoms with Gasteiger partial charge in [-0.3, -0.25) is 14.6 Å². The average molecular weight is 458 g/mol. The van der Waals surface area contributed by atoms with Crippen LogP contribution in [0.4, 0.5) is 11.4 Å². The molecular formula is C19H12BrN3O4S. The van der Waals surface area contributed by atoms with Crippen LogP contribution in [0.15, 0.2) is 76.4 Å². The Morgan fingerprint density at radius 3 is 2.50 bits per heavy atom. The molecule has 0 radical (unpaired) electrons. The van der Waals surface area contributed by atoms with Gasteiger partial charge in [-0.1, -0.05) is 15.9 Å². The van der Waals surface area contributed by atoms with Crippen molar-refractivity contribution < 1.29 is 18.0 Å². The van der Waals surface area contributed by atoms with Crippen molar-refractivity contribution in [2.24, 2.45) is 0 Å². The minimum Gasteiger partial charge on any atom is -0.321 e. The summed E-state index contributed by atoms with van der Waals surface area (Å²) in [5.41, 5.74) is 0.853. The summed E-state index contributed by atoms with van der Waals surface area (Å²) in [5.74, 6) is -1.16. The number of carbonyl (C=O) groups is 2. The largest absolute Gasteiger partial charge is 0.321 e. The molecule has 0 spiro atoms. The third-order valence-corrected chi connectivity index (χ3v) is 6.44. The highest BCUT2D eigenvalue weighted by Gasteiger charge is 2.42. The Kier molecular flexibility index (Phi) is 4.48. The molecule has 28 heavy (non-hydrogen) atoms. The fourth-order valence-electron chi connectivity index (χ4n) is 2.84. The second kappa shape index (κ2) is 6.84. The van der Waals surface area contributed by atoms with E-state index in [-0.39, 0.29) is 21.7 Å². The summed E-state index contributed by atoms with van der Waals surface area (Å²) >= 11 is 3.28. The summed E-state index contributed by atoms with van der Waals surface area (Å²) in [6.07, 6.45) is 3.04. The van der Waals surface area contributed by atoms with Crippen LogP contribution in [-0.4, -0.2) is 25.2 Å². The predicted molar refractivity (Wildman–Crippen MR) is 107 cm³/mol. The highest BCUT2D eigenvalue weighted by atomic mass is 79.9. The minimum atomic E-state index is -4.11. The van der Waals surface area contributed by atoms with Gasteiger partial charge in [-0.2, -0.15) is 4.31 Å². The molecular weight excluding hydrogens is 446 g/mol. The number of carbonyl (C=O) groups excluding carboxylic acids is 2. The third-order valence-electron chi connectivity index (χ3n) is 4.16. The third kappa shape index (κ3) is 3.08. The maximum Gasteiger partial charge on any atom is 0.273 e. The minimum absolute atomic E-state index is 0.0286. The molecule has 0 aliphatic carbocycles. The van der Waals surface area contributed by atoms with Crippen molar-refractivity contribution in [2.75, 3.05) is 9.62 Å². The van der Waals surface area contributed by atoms with Gasteiger partial charge in [-0.25, -0.2) is 8.42 Å². The van der Waals surface area contributed by atoms with E-state index in [1.54, 1.807) is 30.5 Å². The molecule has 2 aromatic carbocycles. The van der Waals surface area contributed by atoms with Gasteiger partial charge in [0.2, 0.25) is 0 Å². The Morgan fingerprint density at radius 2 is 1.82 bits per heavy atom. The van der Waals surface area contributed by atoms with Crippen molar-refractivity contribution in [3.8, 4) is 0 Å². The molecule has 7 nitrogen and oxygen atoms in total. The Labute approximate surface area is 169 Å². The molecule has 1 aromatic heterocycles. The first kappa shape index (κ1) is 18.3. The zero-order valence-corrected chi connectivity index (χ0v) is 16.6. The van der Waals surface area contributed by atoms with E-state index in [0.29, 0.717) is 5.69 Å². The topological polar surface area (TPSA) is 96.4 Å². The number of pyridine rings is 1. The van der Waals surface area contributed by atoms with Crippen molar-refractivity contribution >= 4 is 49.1 Å². The van der Waals surface area contributed by atoms with E-state index in [4.69, 9.17) is 0 Å². The molecule has 3 aromatic rings. The van der Waals surface area contributed by atoms with E-state index in [0.717, 1.165) is 8.78 Å². The molecule has 0 saturated carbocycles. The number of nitrogens with zero attached hydrogens (tertiary/aromatic N) is 2. The van der Waals surface area contributed by atoms with Crippen molar-refractivity contribution in [3.63, 3.8) is 0 Å². The molecule has 1 aliphatic rings. The standard InChI is InChI=1S/C19H12BrN3O4S/c20-13-4-6-15(7-5-13)23-19(25)16-8-3-12(10-17(16)28(23,26)27)18(24)22-14-2-1-9-21-11-14/h1-11H,(H,22,24). The van der Waals surface area contributed by atoms with Crippen molar-refractivity contribution in [2.45, 2.75) is 4.90 Å². The second-order valence-electron chi connectivity index (χ2n) is 5.96. The zero-order valence-electron chi connectivity index (χ0n) is 14.2. The Balaban J connectivity index is 1.71. The van der Waals surface area contributed by atoms with Gasteiger partial charge in [0.25, 0.3) is 21.8 Å². The highest BCUT2D eigenvalue weighted by Crippen LogP contribution is 2.35. The lowest BCUT2D eigenvalue weighted by molar-refractivity contribution is 0.100. The number of anilines is 2. The van der Waals surface area contributed by atoms with Crippen molar-refractivity contribution in [1.29, 1.82) is 0 Å². The van der Waals surface area contributed by atoms with E-state index in [1.165, 1.54) is 36.5 Å². The fourth-order valence-corrected chi connectivity index (χ4v) is 4.73. The number of rotatable bonds is 3. The zero-order chi connectivity index (χ0) is 19.9. The molecule has 0 fully saturated rings. The molecule has 0 unspecified atom stereocenters. The molecule has 2 heterocycles. The maximum absolute atomic E-state index is 13.0. The van der Waals surface area contributed by atoms with Gasteiger partial charge in [0.1, 0.15) is 4.90 Å². The van der Waals surface area contributed by atoms with Crippen LogP contribution in [0.5, 0.6) is 0 Å². The lowest BCUT2D eigenvalue weighted by Gasteiger charge is -2.15. The predicted octanol–water partition coefficient (Wildman–Crippen LogP) is 3.45. The molecule has 0 saturated heterocycles. The number of fused-ring (bicyclic) bond motifs is 1. The number of benzene rings is 2. The first-order valence-electron chi connectivity index (χ1n) is 8.08. The van der Waals surface area contributed by atoms with Gasteiger partial charge >= 0.3 is 0 Å². The second-order valence-corrected chi connectivity index (χ2v) is 8.63. The Hall–Kier alpha value is -3.04. The molecule has 9 heteroatoms. The van der Waals surface area contributed by atoms with Crippen LogP contribution in [0, 0.1) is 0 Å². The van der Waals surface area contributed by atoms with Gasteiger partial charge < -0.3 is 5.32 Å². The molecule has 0 atom stereocenters. The quantitative estimate of drug-likeness (QED) is 0.649. The number of aromatic nitrogens is 1. The maximum atomic E-state index is 13.0. The number of halogens is 1. The summed E-state index contributed by atoms with van der Waals surface area (Å²) in [5, 5.41) is 2.64. The van der Waals surface area contributed by atoms with Crippen molar-refractivity contribution in [1.82, 2.24) is 4.98 Å². The summed E-state index contributed by atoms with van der Waals surface area (Å²) in [6.45, 7) is 0. The number of hydrogen-bond acceptors (Lipinski definition) is 5. The molecule has 1 aliphatic heterocycles. The molecule has 1 N–H and O–H groups in total. The molecule has 2 amide bonds. The lowest BCUT2D eigenvalue weighted by atomic mass is 10.1. The summed E-state index contributed by atoms with van der Waals surface area (Å²) < 4.78 is 27.4. The van der Waals surface area contributed by atoms with Gasteiger partial charge in [-0.05, 0) is 54.6 Å². The van der Waals surface area contributed by atoms with Gasteiger partial charge in [-0.15, -0.1) is 0 Å². The smallest absolute Gasteiger partial charge is 0.273 e. The van der Waals surface area contributed by atoms with E-state index in [1.807, 2.05) is 0 Å². The first-order chi connectivity index (χ1) is 13.4. The van der Waals surface area contributed by atoms with Crippen molar-refractivity contribution in [3.05, 3.63) is 82.6 Å². The van der Waals surface area contributed by atoms with Crippen LogP contribution in [0.3, 0.4) is 0 Å². The Morgan fingerprint density at radius 1 is 1.07 bits per heavy atom. The molecule has 0 bridgehead atoms. The lowest BCUT2D eigenvalue weighted by Crippen LogP contribution is -2.29. The normalized spacial score (nSPS) is 14.6. The van der Waals surface area contributed by atoms with E-state index >= 15 is 0 Å². The average Bonchev–Trinajstić information content (AvgIpc) is 2.89. The van der Waals surface area contributed by atoms with E-state index in [2.05, 4.69) is 26.2 Å². The molecule has 140 valence electrons. The van der Waals surface area contributed by atoms with Crippen LogP contribution < -0.4 is 9.62 Å². The van der Waals surface area contributed by atoms with Crippen LogP contribution in [0.2, 0.25) is 0 Å². The summed E-state index contributed by atoms with van der Waals surface area (Å²) in [6, 6.07) is 13.7. The monoisotopic (exact) mass is 457 g/mol. The van der Waals surface area contributed by atoms with Crippen LogP contribution in [0.1, 0.15) is 20.7 Å². The first-order valence-corrected chi connectivity index (χ1v) is 10.3. The summed E-state index contributed by atoms with van der Waals surface area (Å²) in [7, 11) is -4.11. The highest BCUT2D eigenvalue weighted by molar-refractivity contribution is 9.10. The Bertz CT molecular complexity index is 1200. The van der Waals surface area contributed by atoms with Gasteiger partial charge in [0.05, 0.1) is 23.1 Å². The number of nitrogens with one attached hydrogen (secondary N) is 1. The number of amides is 2. The number of sulfonamides is 1.